The van der Waals surface area contributed by atoms with Crippen LogP contribution in [-0.2, 0) is 0 Å². The Balaban J connectivity index is 2.63. The number of rotatable bonds is 2. The molecule has 37 valence electrons. The zero-order chi connectivity index (χ0) is 4.99. The van der Waals surface area contributed by atoms with Crippen LogP contribution in [0.1, 0.15) is 6.92 Å². The van der Waals surface area contributed by atoms with E-state index in [2.05, 4.69) is 12.4 Å². The molecule has 2 nitrogen and oxygen atoms in total. The van der Waals surface area contributed by atoms with Crippen molar-refractivity contribution in [1.82, 2.24) is 5.32 Å². The Labute approximate surface area is 38.2 Å². The Hall–Kier alpha value is -0.0800. The molecule has 0 amide bonds. The van der Waals surface area contributed by atoms with E-state index < -0.39 is 0 Å². The highest BCUT2D eigenvalue weighted by Crippen LogP contribution is 1.70. The van der Waals surface area contributed by atoms with Gasteiger partial charge in [-0.05, 0) is 6.92 Å². The monoisotopic (exact) mass is 88.1 g/mol. The molecule has 0 aliphatic carbocycles. The average Bonchev–Trinajstić information content (AvgIpc) is 1.35. The minimum Gasteiger partial charge on any atom is -0.392 e. The van der Waals surface area contributed by atoms with Crippen LogP contribution >= 0.6 is 0 Å². The van der Waals surface area contributed by atoms with Crippen molar-refractivity contribution in [2.75, 3.05) is 6.54 Å². The van der Waals surface area contributed by atoms with E-state index >= 15 is 0 Å². The predicted octanol–water partition coefficient (Wildman–Crippen LogP) is -0.252. The molecule has 2 N–H and O–H groups in total. The van der Waals surface area contributed by atoms with Crippen molar-refractivity contribution in [1.29, 1.82) is 0 Å². The molecular formula is C4H10NO. The van der Waals surface area contributed by atoms with Crippen molar-refractivity contribution in [2.24, 2.45) is 0 Å². The molecule has 0 spiro atoms. The van der Waals surface area contributed by atoms with E-state index in [-0.39, 0.29) is 6.10 Å². The first kappa shape index (κ1) is 5.92. The molecule has 0 heterocycles. The first-order valence-electron chi connectivity index (χ1n) is 1.95. The third-order valence-electron chi connectivity index (χ3n) is 0.440. The second-order valence-electron chi connectivity index (χ2n) is 1.30. The maximum Gasteiger partial charge on any atom is 0.0636 e. The molecule has 2 heteroatoms. The lowest BCUT2D eigenvalue weighted by atomic mass is 10.4. The van der Waals surface area contributed by atoms with E-state index in [1.807, 2.05) is 0 Å². The first-order valence-corrected chi connectivity index (χ1v) is 1.95. The number of hydrogen-bond donors (Lipinski definition) is 2. The normalized spacial score (nSPS) is 14.5. The lowest BCUT2D eigenvalue weighted by molar-refractivity contribution is 0.196. The number of hydrogen-bond acceptors (Lipinski definition) is 2. The largest absolute Gasteiger partial charge is 0.392 e. The Morgan fingerprint density at radius 1 is 2.00 bits per heavy atom. The molecule has 1 atom stereocenters. The van der Waals surface area contributed by atoms with Crippen LogP contribution in [0.5, 0.6) is 0 Å². The molecule has 6 heavy (non-hydrogen) atoms. The molecule has 1 unspecified atom stereocenters. The van der Waals surface area contributed by atoms with Gasteiger partial charge in [0.15, 0.2) is 0 Å². The predicted molar refractivity (Wildman–Crippen MR) is 25.0 cm³/mol. The molecule has 0 fully saturated rings. The van der Waals surface area contributed by atoms with Gasteiger partial charge in [-0.3, -0.25) is 0 Å². The minimum atomic E-state index is -0.275. The fraction of sp³-hybridized carbons (Fsp3) is 0.750. The fourth-order valence-electron chi connectivity index (χ4n) is 0.209. The molecule has 1 radical (unpaired) electrons. The number of nitrogens with one attached hydrogen (secondary N) is 1. The van der Waals surface area contributed by atoms with Gasteiger partial charge in [-0.25, -0.2) is 0 Å². The Morgan fingerprint density at radius 2 is 2.50 bits per heavy atom. The van der Waals surface area contributed by atoms with Gasteiger partial charge in [-0.1, -0.05) is 0 Å². The van der Waals surface area contributed by atoms with Crippen molar-refractivity contribution in [3.05, 3.63) is 7.05 Å². The molecule has 0 bridgehead atoms. The maximum atomic E-state index is 8.45. The van der Waals surface area contributed by atoms with Crippen LogP contribution in [0, 0.1) is 7.05 Å². The zero-order valence-electron chi connectivity index (χ0n) is 3.94. The highest BCUT2D eigenvalue weighted by molar-refractivity contribution is 4.47. The second-order valence-corrected chi connectivity index (χ2v) is 1.30. The quantitative estimate of drug-likeness (QED) is 0.488. The van der Waals surface area contributed by atoms with E-state index in [0.29, 0.717) is 6.54 Å². The summed E-state index contributed by atoms with van der Waals surface area (Å²) in [6.45, 7) is 2.28. The van der Waals surface area contributed by atoms with Crippen LogP contribution in [-0.4, -0.2) is 17.8 Å². The van der Waals surface area contributed by atoms with Crippen molar-refractivity contribution in [3.8, 4) is 0 Å². The lowest BCUT2D eigenvalue weighted by Crippen LogP contribution is -2.17. The third-order valence-corrected chi connectivity index (χ3v) is 0.440. The van der Waals surface area contributed by atoms with Gasteiger partial charge in [0, 0.05) is 13.6 Å². The molecule has 0 aliphatic rings. The highest BCUT2D eigenvalue weighted by Gasteiger charge is 1.86. The number of aliphatic hydroxyl groups excluding tert-OH is 1. The molecular weight excluding hydrogens is 78.0 g/mol. The van der Waals surface area contributed by atoms with Crippen LogP contribution in [0.15, 0.2) is 0 Å². The van der Waals surface area contributed by atoms with E-state index in [9.17, 15) is 0 Å². The van der Waals surface area contributed by atoms with Gasteiger partial charge in [0.2, 0.25) is 0 Å². The SMILES string of the molecule is [CH2]NCC(C)O. The fourth-order valence-corrected chi connectivity index (χ4v) is 0.209. The van der Waals surface area contributed by atoms with Crippen LogP contribution in [0.25, 0.3) is 0 Å². The molecule has 0 aromatic rings. The summed E-state index contributed by atoms with van der Waals surface area (Å²) in [5.74, 6) is 0. The van der Waals surface area contributed by atoms with Gasteiger partial charge in [-0.2, -0.15) is 0 Å². The zero-order valence-corrected chi connectivity index (χ0v) is 3.94. The summed E-state index contributed by atoms with van der Waals surface area (Å²) in [6, 6.07) is 0. The third kappa shape index (κ3) is 3.92. The summed E-state index contributed by atoms with van der Waals surface area (Å²) in [4.78, 5) is 0. The van der Waals surface area contributed by atoms with Crippen molar-refractivity contribution >= 4 is 0 Å². The molecule has 0 aliphatic heterocycles. The van der Waals surface area contributed by atoms with Crippen LogP contribution in [0.4, 0.5) is 0 Å². The van der Waals surface area contributed by atoms with Crippen LogP contribution in [0.3, 0.4) is 0 Å². The summed E-state index contributed by atoms with van der Waals surface area (Å²) in [5, 5.41) is 11.0. The summed E-state index contributed by atoms with van der Waals surface area (Å²) in [5.41, 5.74) is 0. The van der Waals surface area contributed by atoms with E-state index in [0.717, 1.165) is 0 Å². The number of aliphatic hydroxyl groups is 1. The first-order chi connectivity index (χ1) is 2.77. The van der Waals surface area contributed by atoms with Gasteiger partial charge in [-0.15, -0.1) is 0 Å². The Bertz CT molecular complexity index is 28.7. The summed E-state index contributed by atoms with van der Waals surface area (Å²) < 4.78 is 0. The molecule has 0 rings (SSSR count). The topological polar surface area (TPSA) is 32.3 Å². The molecule has 0 aromatic carbocycles. The van der Waals surface area contributed by atoms with Crippen LogP contribution < -0.4 is 5.32 Å². The summed E-state index contributed by atoms with van der Waals surface area (Å²) in [6.07, 6.45) is -0.275. The molecule has 0 aromatic heterocycles. The molecule has 0 saturated heterocycles. The van der Waals surface area contributed by atoms with Gasteiger partial charge >= 0.3 is 0 Å². The molecule has 0 saturated carbocycles. The summed E-state index contributed by atoms with van der Waals surface area (Å²) in [7, 11) is 3.32. The minimum absolute atomic E-state index is 0.275. The van der Waals surface area contributed by atoms with Gasteiger partial charge in [0.05, 0.1) is 6.10 Å². The van der Waals surface area contributed by atoms with Crippen molar-refractivity contribution < 1.29 is 5.11 Å². The van der Waals surface area contributed by atoms with E-state index in [4.69, 9.17) is 5.11 Å². The van der Waals surface area contributed by atoms with Crippen LogP contribution in [0.2, 0.25) is 0 Å². The smallest absolute Gasteiger partial charge is 0.0636 e. The van der Waals surface area contributed by atoms with Gasteiger partial charge in [0.1, 0.15) is 0 Å². The van der Waals surface area contributed by atoms with Gasteiger partial charge in [0.25, 0.3) is 0 Å². The van der Waals surface area contributed by atoms with Crippen molar-refractivity contribution in [3.63, 3.8) is 0 Å². The Morgan fingerprint density at radius 3 is 2.50 bits per heavy atom. The highest BCUT2D eigenvalue weighted by atomic mass is 16.3. The maximum absolute atomic E-state index is 8.45. The van der Waals surface area contributed by atoms with Crippen molar-refractivity contribution in [2.45, 2.75) is 13.0 Å². The van der Waals surface area contributed by atoms with Gasteiger partial charge < -0.3 is 10.4 Å². The lowest BCUT2D eigenvalue weighted by Gasteiger charge is -1.97. The van der Waals surface area contributed by atoms with E-state index in [1.54, 1.807) is 6.92 Å². The van der Waals surface area contributed by atoms with E-state index in [1.165, 1.54) is 0 Å². The Kier molecular flexibility index (Phi) is 3.08. The standard InChI is InChI=1S/C4H10NO/c1-4(6)3-5-2/h4-6H,2-3H2,1H3. The average molecular weight is 88.1 g/mol. The summed E-state index contributed by atoms with van der Waals surface area (Å²) >= 11 is 0. The second kappa shape index (κ2) is 3.12.